The van der Waals surface area contributed by atoms with E-state index in [1.807, 2.05) is 42.6 Å². The minimum Gasteiger partial charge on any atom is -0.545 e. The van der Waals surface area contributed by atoms with Crippen molar-refractivity contribution < 1.29 is 39.5 Å². The van der Waals surface area contributed by atoms with Crippen molar-refractivity contribution >= 4 is 12.0 Å². The van der Waals surface area contributed by atoms with E-state index in [0.29, 0.717) is 0 Å². The van der Waals surface area contributed by atoms with Gasteiger partial charge in [-0.15, -0.1) is 0 Å². The van der Waals surface area contributed by atoms with Crippen LogP contribution < -0.4 is 34.7 Å². The zero-order valence-corrected chi connectivity index (χ0v) is 13.7. The zero-order valence-electron chi connectivity index (χ0n) is 11.7. The third kappa shape index (κ3) is 4.93. The molecule has 0 bridgehead atoms. The van der Waals surface area contributed by atoms with Gasteiger partial charge in [0.15, 0.2) is 0 Å². The molecule has 0 aliphatic rings. The Morgan fingerprint density at radius 2 is 1.90 bits per heavy atom. The van der Waals surface area contributed by atoms with Gasteiger partial charge in [0.25, 0.3) is 0 Å². The van der Waals surface area contributed by atoms with Crippen LogP contribution in [0.1, 0.15) is 23.6 Å². The van der Waals surface area contributed by atoms with E-state index in [-0.39, 0.29) is 35.1 Å². The molecule has 0 unspecified atom stereocenters. The van der Waals surface area contributed by atoms with Crippen molar-refractivity contribution in [2.24, 2.45) is 0 Å². The molecule has 0 spiro atoms. The molecular weight excluding hydrogens is 261 g/mol. The summed E-state index contributed by atoms with van der Waals surface area (Å²) < 4.78 is 0. The number of carbonyl (C=O) groups is 1. The topological polar surface area (TPSA) is 53.0 Å². The van der Waals surface area contributed by atoms with Crippen molar-refractivity contribution in [2.75, 3.05) is 0 Å². The third-order valence-corrected chi connectivity index (χ3v) is 2.82. The van der Waals surface area contributed by atoms with Gasteiger partial charge in [-0.3, -0.25) is 4.98 Å². The van der Waals surface area contributed by atoms with Crippen LogP contribution in [0.3, 0.4) is 0 Å². The molecule has 0 N–H and O–H groups in total. The van der Waals surface area contributed by atoms with Gasteiger partial charge in [-0.25, -0.2) is 0 Å². The van der Waals surface area contributed by atoms with Crippen LogP contribution in [0.25, 0.3) is 6.08 Å². The summed E-state index contributed by atoms with van der Waals surface area (Å²) in [6.45, 7) is 1.53. The molecular formula is C16H14NNaO2. The summed E-state index contributed by atoms with van der Waals surface area (Å²) in [7, 11) is 0. The number of pyridine rings is 1. The molecule has 1 aromatic carbocycles. The first-order valence-electron chi connectivity index (χ1n) is 6.02. The minimum absolute atomic E-state index is 0. The largest absolute Gasteiger partial charge is 1.00 e. The SMILES string of the molecule is C/C(=C\c1ccc(Cc2cccnc2)cc1)C(=O)[O-].[Na+]. The standard InChI is InChI=1S/C16H15NO2.Na/c1-12(16(18)19)9-13-4-6-14(7-5-13)10-15-3-2-8-17-11-15;/h2-9,11H,10H2,1H3,(H,18,19);/q;+1/p-1/b12-9+;. The maximum Gasteiger partial charge on any atom is 1.00 e. The fourth-order valence-electron chi connectivity index (χ4n) is 1.78. The summed E-state index contributed by atoms with van der Waals surface area (Å²) in [6.07, 6.45) is 6.01. The van der Waals surface area contributed by atoms with E-state index in [0.717, 1.165) is 23.1 Å². The van der Waals surface area contributed by atoms with E-state index >= 15 is 0 Å². The van der Waals surface area contributed by atoms with E-state index in [2.05, 4.69) is 4.98 Å². The van der Waals surface area contributed by atoms with Crippen LogP contribution in [-0.4, -0.2) is 11.0 Å². The Balaban J connectivity index is 0.00000200. The molecule has 0 atom stereocenters. The van der Waals surface area contributed by atoms with Crippen LogP contribution in [0.5, 0.6) is 0 Å². The fraction of sp³-hybridized carbons (Fsp3) is 0.125. The molecule has 96 valence electrons. The van der Waals surface area contributed by atoms with Crippen LogP contribution in [0.2, 0.25) is 0 Å². The van der Waals surface area contributed by atoms with Crippen LogP contribution in [0.4, 0.5) is 0 Å². The van der Waals surface area contributed by atoms with Gasteiger partial charge in [0, 0.05) is 12.4 Å². The van der Waals surface area contributed by atoms with E-state index in [4.69, 9.17) is 0 Å². The number of hydrogen-bond donors (Lipinski definition) is 0. The van der Waals surface area contributed by atoms with Crippen molar-refractivity contribution in [1.29, 1.82) is 0 Å². The van der Waals surface area contributed by atoms with Crippen LogP contribution in [0.15, 0.2) is 54.4 Å². The van der Waals surface area contributed by atoms with Gasteiger partial charge in [0.05, 0.1) is 5.97 Å². The predicted octanol–water partition coefficient (Wildman–Crippen LogP) is -1.17. The van der Waals surface area contributed by atoms with Crippen LogP contribution in [-0.2, 0) is 11.2 Å². The first-order chi connectivity index (χ1) is 9.15. The Labute approximate surface area is 140 Å². The van der Waals surface area contributed by atoms with Crippen LogP contribution in [0, 0.1) is 0 Å². The van der Waals surface area contributed by atoms with E-state index in [1.54, 1.807) is 12.3 Å². The quantitative estimate of drug-likeness (QED) is 0.522. The molecule has 2 rings (SSSR count). The van der Waals surface area contributed by atoms with Gasteiger partial charge in [-0.2, -0.15) is 0 Å². The summed E-state index contributed by atoms with van der Waals surface area (Å²) in [5.41, 5.74) is 3.39. The minimum atomic E-state index is -1.14. The summed E-state index contributed by atoms with van der Waals surface area (Å²) in [5.74, 6) is -1.14. The van der Waals surface area contributed by atoms with E-state index < -0.39 is 5.97 Å². The van der Waals surface area contributed by atoms with Crippen LogP contribution >= 0.6 is 0 Å². The molecule has 0 saturated carbocycles. The number of aliphatic carboxylic acids is 1. The molecule has 0 saturated heterocycles. The molecule has 0 amide bonds. The molecule has 1 aromatic heterocycles. The number of hydrogen-bond acceptors (Lipinski definition) is 3. The fourth-order valence-corrected chi connectivity index (χ4v) is 1.78. The number of aromatic nitrogens is 1. The number of carbonyl (C=O) groups excluding carboxylic acids is 1. The van der Waals surface area contributed by atoms with Crippen molar-refractivity contribution in [3.63, 3.8) is 0 Å². The summed E-state index contributed by atoms with van der Waals surface area (Å²) in [5, 5.41) is 10.6. The van der Waals surface area contributed by atoms with Gasteiger partial charge in [0.1, 0.15) is 0 Å². The van der Waals surface area contributed by atoms with E-state index in [9.17, 15) is 9.90 Å². The Morgan fingerprint density at radius 1 is 1.20 bits per heavy atom. The average molecular weight is 275 g/mol. The van der Waals surface area contributed by atoms with Gasteiger partial charge < -0.3 is 9.90 Å². The monoisotopic (exact) mass is 275 g/mol. The van der Waals surface area contributed by atoms with Crippen molar-refractivity contribution in [2.45, 2.75) is 13.3 Å². The smallest absolute Gasteiger partial charge is 0.545 e. The Bertz CT molecular complexity index is 592. The number of benzene rings is 1. The third-order valence-electron chi connectivity index (χ3n) is 2.82. The Kier molecular flexibility index (Phi) is 6.65. The molecule has 0 aliphatic heterocycles. The van der Waals surface area contributed by atoms with Crippen molar-refractivity contribution in [3.8, 4) is 0 Å². The Hall–Kier alpha value is -1.42. The van der Waals surface area contributed by atoms with Gasteiger partial charge in [-0.05, 0) is 41.7 Å². The second kappa shape index (κ2) is 8.00. The normalized spacial score (nSPS) is 10.8. The first kappa shape index (κ1) is 16.6. The zero-order chi connectivity index (χ0) is 13.7. The number of rotatable bonds is 4. The molecule has 4 heteroatoms. The number of nitrogens with zero attached hydrogens (tertiary/aromatic N) is 1. The number of carboxylic acids is 1. The summed E-state index contributed by atoms with van der Waals surface area (Å²) in [6, 6.07) is 11.7. The van der Waals surface area contributed by atoms with Gasteiger partial charge >= 0.3 is 29.6 Å². The molecule has 0 aliphatic carbocycles. The van der Waals surface area contributed by atoms with Gasteiger partial charge in [0.2, 0.25) is 0 Å². The first-order valence-corrected chi connectivity index (χ1v) is 6.02. The Morgan fingerprint density at radius 3 is 2.45 bits per heavy atom. The number of carboxylic acid groups (broad SMARTS) is 1. The second-order valence-electron chi connectivity index (χ2n) is 4.39. The molecule has 0 fully saturated rings. The molecule has 3 nitrogen and oxygen atoms in total. The van der Waals surface area contributed by atoms with E-state index in [1.165, 1.54) is 6.92 Å². The van der Waals surface area contributed by atoms with Crippen molar-refractivity contribution in [1.82, 2.24) is 4.98 Å². The van der Waals surface area contributed by atoms with Crippen molar-refractivity contribution in [3.05, 3.63) is 71.1 Å². The predicted molar refractivity (Wildman–Crippen MR) is 72.1 cm³/mol. The molecule has 0 radical (unpaired) electrons. The van der Waals surface area contributed by atoms with Gasteiger partial charge in [-0.1, -0.05) is 36.4 Å². The molecule has 20 heavy (non-hydrogen) atoms. The molecule has 2 aromatic rings. The average Bonchev–Trinajstić information content (AvgIpc) is 2.42. The second-order valence-corrected chi connectivity index (χ2v) is 4.39. The maximum atomic E-state index is 10.6. The summed E-state index contributed by atoms with van der Waals surface area (Å²) in [4.78, 5) is 14.7. The molecule has 1 heterocycles. The maximum absolute atomic E-state index is 10.6. The summed E-state index contributed by atoms with van der Waals surface area (Å²) >= 11 is 0.